The second-order valence-electron chi connectivity index (χ2n) is 5.17. The molecule has 0 saturated heterocycles. The van der Waals surface area contributed by atoms with E-state index in [4.69, 9.17) is 25.8 Å². The zero-order valence-electron chi connectivity index (χ0n) is 12.6. The van der Waals surface area contributed by atoms with Crippen molar-refractivity contribution < 1.29 is 19.0 Å². The van der Waals surface area contributed by atoms with Gasteiger partial charge < -0.3 is 19.5 Å². The van der Waals surface area contributed by atoms with Crippen molar-refractivity contribution in [3.05, 3.63) is 52.0 Å². The molecule has 3 rings (SSSR count). The fourth-order valence-corrected chi connectivity index (χ4v) is 2.98. The number of fused-ring (bicyclic) bond motifs is 1. The number of rotatable bonds is 5. The summed E-state index contributed by atoms with van der Waals surface area (Å²) in [6, 6.07) is 12.6. The Balaban J connectivity index is 1.45. The van der Waals surface area contributed by atoms with Crippen LogP contribution in [0.3, 0.4) is 0 Å². The van der Waals surface area contributed by atoms with Gasteiger partial charge in [0.1, 0.15) is 18.5 Å². The summed E-state index contributed by atoms with van der Waals surface area (Å²) in [5.41, 5.74) is 0. The highest BCUT2D eigenvalue weighted by Gasteiger charge is 2.21. The molecule has 0 unspecified atom stereocenters. The SMILES string of the molecule is O=C(COc1ccc(Cl)cc1Br)NC[C@H]1COc2ccccc2O1. The third kappa shape index (κ3) is 4.33. The van der Waals surface area contributed by atoms with Gasteiger partial charge in [-0.2, -0.15) is 0 Å². The Labute approximate surface area is 153 Å². The Kier molecular flexibility index (Phi) is 5.48. The van der Waals surface area contributed by atoms with Crippen LogP contribution in [-0.2, 0) is 4.79 Å². The van der Waals surface area contributed by atoms with E-state index < -0.39 is 0 Å². The van der Waals surface area contributed by atoms with Gasteiger partial charge in [0.15, 0.2) is 18.1 Å². The Morgan fingerprint density at radius 2 is 2.08 bits per heavy atom. The van der Waals surface area contributed by atoms with E-state index in [0.717, 1.165) is 5.75 Å². The third-order valence-electron chi connectivity index (χ3n) is 3.35. The molecule has 2 aromatic carbocycles. The van der Waals surface area contributed by atoms with Gasteiger partial charge in [-0.1, -0.05) is 23.7 Å². The molecule has 7 heteroatoms. The first kappa shape index (κ1) is 16.9. The van der Waals surface area contributed by atoms with Crippen LogP contribution < -0.4 is 19.5 Å². The lowest BCUT2D eigenvalue weighted by Crippen LogP contribution is -2.42. The van der Waals surface area contributed by atoms with Gasteiger partial charge in [-0.05, 0) is 46.3 Å². The van der Waals surface area contributed by atoms with Crippen molar-refractivity contribution in [1.29, 1.82) is 0 Å². The number of ether oxygens (including phenoxy) is 3. The van der Waals surface area contributed by atoms with Gasteiger partial charge in [-0.3, -0.25) is 4.79 Å². The number of carbonyl (C=O) groups is 1. The van der Waals surface area contributed by atoms with Crippen molar-refractivity contribution in [2.24, 2.45) is 0 Å². The number of halogens is 2. The van der Waals surface area contributed by atoms with Gasteiger partial charge >= 0.3 is 0 Å². The summed E-state index contributed by atoms with van der Waals surface area (Å²) in [6.45, 7) is 0.642. The number of amides is 1. The van der Waals surface area contributed by atoms with Crippen LogP contribution >= 0.6 is 27.5 Å². The molecule has 0 spiro atoms. The molecule has 126 valence electrons. The summed E-state index contributed by atoms with van der Waals surface area (Å²) >= 11 is 9.20. The molecule has 0 fully saturated rings. The molecular weight excluding hydrogens is 398 g/mol. The lowest BCUT2D eigenvalue weighted by Gasteiger charge is -2.26. The normalized spacial score (nSPS) is 15.7. The van der Waals surface area contributed by atoms with Crippen molar-refractivity contribution in [2.75, 3.05) is 19.8 Å². The van der Waals surface area contributed by atoms with E-state index in [-0.39, 0.29) is 18.6 Å². The molecule has 1 atom stereocenters. The first-order chi connectivity index (χ1) is 11.6. The van der Waals surface area contributed by atoms with E-state index in [1.165, 1.54) is 0 Å². The number of carbonyl (C=O) groups excluding carboxylic acids is 1. The topological polar surface area (TPSA) is 56.8 Å². The van der Waals surface area contributed by atoms with Gasteiger partial charge in [-0.25, -0.2) is 0 Å². The highest BCUT2D eigenvalue weighted by atomic mass is 79.9. The quantitative estimate of drug-likeness (QED) is 0.817. The van der Waals surface area contributed by atoms with Crippen molar-refractivity contribution in [3.8, 4) is 17.2 Å². The Bertz CT molecular complexity index is 740. The average molecular weight is 413 g/mol. The second-order valence-corrected chi connectivity index (χ2v) is 6.46. The van der Waals surface area contributed by atoms with Crippen LogP contribution in [0.2, 0.25) is 5.02 Å². The van der Waals surface area contributed by atoms with Crippen LogP contribution in [0, 0.1) is 0 Å². The standard InChI is InChI=1S/C17H15BrClNO4/c18-13-7-11(19)5-6-14(13)23-10-17(21)20-8-12-9-22-15-3-1-2-4-16(15)24-12/h1-7,12H,8-10H2,(H,20,21)/t12-/m0/s1. The van der Waals surface area contributed by atoms with E-state index in [1.54, 1.807) is 18.2 Å². The largest absolute Gasteiger partial charge is 0.486 e. The summed E-state index contributed by atoms with van der Waals surface area (Å²) in [5, 5.41) is 3.37. The molecule has 1 aliphatic rings. The van der Waals surface area contributed by atoms with E-state index >= 15 is 0 Å². The minimum Gasteiger partial charge on any atom is -0.486 e. The Morgan fingerprint density at radius 3 is 2.88 bits per heavy atom. The lowest BCUT2D eigenvalue weighted by atomic mass is 10.2. The molecule has 0 aromatic heterocycles. The second kappa shape index (κ2) is 7.77. The van der Waals surface area contributed by atoms with E-state index in [9.17, 15) is 4.79 Å². The predicted molar refractivity (Wildman–Crippen MR) is 94.0 cm³/mol. The molecule has 24 heavy (non-hydrogen) atoms. The maximum atomic E-state index is 11.9. The van der Waals surface area contributed by atoms with Gasteiger partial charge in [0.05, 0.1) is 11.0 Å². The molecule has 5 nitrogen and oxygen atoms in total. The van der Waals surface area contributed by atoms with Crippen LogP contribution in [0.25, 0.3) is 0 Å². The van der Waals surface area contributed by atoms with Crippen molar-refractivity contribution in [1.82, 2.24) is 5.32 Å². The molecule has 1 N–H and O–H groups in total. The molecule has 1 amide bonds. The van der Waals surface area contributed by atoms with Crippen LogP contribution in [0.15, 0.2) is 46.9 Å². The van der Waals surface area contributed by atoms with E-state index in [2.05, 4.69) is 21.2 Å². The lowest BCUT2D eigenvalue weighted by molar-refractivity contribution is -0.123. The molecule has 2 aromatic rings. The number of hydrogen-bond donors (Lipinski definition) is 1. The third-order valence-corrected chi connectivity index (χ3v) is 4.20. The Morgan fingerprint density at radius 1 is 1.29 bits per heavy atom. The zero-order chi connectivity index (χ0) is 16.9. The van der Waals surface area contributed by atoms with E-state index in [1.807, 2.05) is 24.3 Å². The van der Waals surface area contributed by atoms with Gasteiger partial charge in [0.2, 0.25) is 0 Å². The minimum atomic E-state index is -0.237. The van der Waals surface area contributed by atoms with Crippen molar-refractivity contribution in [2.45, 2.75) is 6.10 Å². The number of para-hydroxylation sites is 2. The summed E-state index contributed by atoms with van der Waals surface area (Å²) in [5.74, 6) is 1.72. The zero-order valence-corrected chi connectivity index (χ0v) is 15.0. The van der Waals surface area contributed by atoms with Crippen LogP contribution in [0.4, 0.5) is 0 Å². The fraction of sp³-hybridized carbons (Fsp3) is 0.235. The molecule has 0 aliphatic carbocycles. The minimum absolute atomic E-state index is 0.0929. The smallest absolute Gasteiger partial charge is 0.258 e. The summed E-state index contributed by atoms with van der Waals surface area (Å²) in [6.07, 6.45) is -0.230. The molecule has 1 aliphatic heterocycles. The number of nitrogens with one attached hydrogen (secondary N) is 1. The van der Waals surface area contributed by atoms with Gasteiger partial charge in [-0.15, -0.1) is 0 Å². The maximum Gasteiger partial charge on any atom is 0.258 e. The Hall–Kier alpha value is -1.92. The summed E-state index contributed by atoms with van der Waals surface area (Å²) < 4.78 is 17.5. The first-order valence-corrected chi connectivity index (χ1v) is 8.52. The summed E-state index contributed by atoms with van der Waals surface area (Å²) in [4.78, 5) is 11.9. The summed E-state index contributed by atoms with van der Waals surface area (Å²) in [7, 11) is 0. The number of hydrogen-bond acceptors (Lipinski definition) is 4. The molecule has 0 bridgehead atoms. The van der Waals surface area contributed by atoms with Crippen molar-refractivity contribution >= 4 is 33.4 Å². The molecule has 0 radical (unpaired) electrons. The monoisotopic (exact) mass is 411 g/mol. The van der Waals surface area contributed by atoms with Crippen molar-refractivity contribution in [3.63, 3.8) is 0 Å². The predicted octanol–water partition coefficient (Wildman–Crippen LogP) is 3.44. The van der Waals surface area contributed by atoms with E-state index in [0.29, 0.717) is 34.1 Å². The maximum absolute atomic E-state index is 11.9. The van der Waals surface area contributed by atoms with Crippen LogP contribution in [0.1, 0.15) is 0 Å². The van der Waals surface area contributed by atoms with Gasteiger partial charge in [0.25, 0.3) is 5.91 Å². The fourth-order valence-electron chi connectivity index (χ4n) is 2.18. The average Bonchev–Trinajstić information content (AvgIpc) is 2.59. The van der Waals surface area contributed by atoms with Gasteiger partial charge in [0, 0.05) is 5.02 Å². The molecular formula is C17H15BrClNO4. The highest BCUT2D eigenvalue weighted by Crippen LogP contribution is 2.30. The first-order valence-electron chi connectivity index (χ1n) is 7.35. The molecule has 1 heterocycles. The van der Waals surface area contributed by atoms with Crippen LogP contribution in [0.5, 0.6) is 17.2 Å². The highest BCUT2D eigenvalue weighted by molar-refractivity contribution is 9.10. The number of benzene rings is 2. The van der Waals surface area contributed by atoms with Crippen LogP contribution in [-0.4, -0.2) is 31.8 Å². The molecule has 0 saturated carbocycles.